The fourth-order valence-electron chi connectivity index (χ4n) is 2.60. The highest BCUT2D eigenvalue weighted by molar-refractivity contribution is 6.36. The first-order chi connectivity index (χ1) is 12.6. The van der Waals surface area contributed by atoms with Gasteiger partial charge in [0, 0.05) is 23.9 Å². The van der Waals surface area contributed by atoms with Gasteiger partial charge < -0.3 is 9.57 Å². The third-order valence-corrected chi connectivity index (χ3v) is 4.02. The number of rotatable bonds is 8. The molecule has 0 aliphatic heterocycles. The third-order valence-electron chi connectivity index (χ3n) is 4.02. The highest BCUT2D eigenvalue weighted by Crippen LogP contribution is 2.19. The average molecular weight is 355 g/mol. The maximum Gasteiger partial charge on any atom is 0.356 e. The normalized spacial score (nSPS) is 11.3. The number of ether oxygens (including phenoxy) is 1. The van der Waals surface area contributed by atoms with Crippen LogP contribution in [0.2, 0.25) is 0 Å². The van der Waals surface area contributed by atoms with Gasteiger partial charge in [0.1, 0.15) is 7.11 Å². The van der Waals surface area contributed by atoms with E-state index >= 15 is 0 Å². The molecule has 2 rings (SSSR count). The molecule has 0 N–H and O–H groups in total. The van der Waals surface area contributed by atoms with Crippen LogP contribution in [0.4, 0.5) is 0 Å². The van der Waals surface area contributed by atoms with Crippen LogP contribution in [0.15, 0.2) is 35.6 Å². The van der Waals surface area contributed by atoms with Gasteiger partial charge in [-0.15, -0.1) is 0 Å². The molecule has 0 spiro atoms. The Labute approximate surface area is 154 Å². The van der Waals surface area contributed by atoms with Crippen LogP contribution < -0.4 is 0 Å². The van der Waals surface area contributed by atoms with E-state index in [0.29, 0.717) is 12.2 Å². The fraction of sp³-hybridized carbons (Fsp3) is 0.400. The first-order valence-electron chi connectivity index (χ1n) is 8.69. The minimum Gasteiger partial charge on any atom is -0.464 e. The predicted octanol–water partition coefficient (Wildman–Crippen LogP) is 3.51. The third kappa shape index (κ3) is 5.12. The standard InChI is InChI=1S/C20H25N3O3/c1-5-6-10-17-14(2)13-21-19(22-17)16-9-7-8-15(11-16)12-18(23-26-4)20(24)25-3/h7-9,11,13H,5-6,10,12H2,1-4H3/b23-18-. The van der Waals surface area contributed by atoms with Gasteiger partial charge >= 0.3 is 5.97 Å². The van der Waals surface area contributed by atoms with Crippen molar-refractivity contribution in [3.05, 3.63) is 47.3 Å². The number of hydrogen-bond acceptors (Lipinski definition) is 6. The molecule has 6 nitrogen and oxygen atoms in total. The Balaban J connectivity index is 2.29. The molecule has 0 fully saturated rings. The van der Waals surface area contributed by atoms with Crippen molar-refractivity contribution in [2.45, 2.75) is 39.5 Å². The van der Waals surface area contributed by atoms with E-state index in [9.17, 15) is 4.79 Å². The van der Waals surface area contributed by atoms with Crippen molar-refractivity contribution in [2.24, 2.45) is 5.16 Å². The molecule has 0 saturated carbocycles. The SMILES string of the molecule is CCCCc1nc(-c2cccc(C/C(=N/OC)C(=O)OC)c2)ncc1C. The van der Waals surface area contributed by atoms with Gasteiger partial charge in [-0.05, 0) is 37.0 Å². The van der Waals surface area contributed by atoms with E-state index in [4.69, 9.17) is 14.6 Å². The number of methoxy groups -OCH3 is 1. The topological polar surface area (TPSA) is 73.7 Å². The van der Waals surface area contributed by atoms with Crippen LogP contribution in [-0.4, -0.2) is 35.9 Å². The second-order valence-electron chi connectivity index (χ2n) is 6.02. The number of oxime groups is 1. The Morgan fingerprint density at radius 1 is 1.27 bits per heavy atom. The van der Waals surface area contributed by atoms with E-state index in [0.717, 1.165) is 41.6 Å². The van der Waals surface area contributed by atoms with Crippen LogP contribution in [0.1, 0.15) is 36.6 Å². The zero-order valence-corrected chi connectivity index (χ0v) is 15.8. The molecule has 1 heterocycles. The second kappa shape index (κ2) is 9.65. The quantitative estimate of drug-likeness (QED) is 0.411. The van der Waals surface area contributed by atoms with Crippen molar-refractivity contribution in [3.63, 3.8) is 0 Å². The average Bonchev–Trinajstić information content (AvgIpc) is 2.66. The van der Waals surface area contributed by atoms with Crippen molar-refractivity contribution in [1.82, 2.24) is 9.97 Å². The molecule has 0 unspecified atom stereocenters. The molecule has 1 aromatic heterocycles. The van der Waals surface area contributed by atoms with Gasteiger partial charge in [-0.3, -0.25) is 0 Å². The number of aryl methyl sites for hydroxylation is 2. The number of carbonyl (C=O) groups excluding carboxylic acids is 1. The van der Waals surface area contributed by atoms with Gasteiger partial charge in [-0.25, -0.2) is 14.8 Å². The molecular weight excluding hydrogens is 330 g/mol. The number of carbonyl (C=O) groups is 1. The zero-order chi connectivity index (χ0) is 18.9. The van der Waals surface area contributed by atoms with Crippen molar-refractivity contribution in [2.75, 3.05) is 14.2 Å². The van der Waals surface area contributed by atoms with Crippen LogP contribution >= 0.6 is 0 Å². The Morgan fingerprint density at radius 2 is 2.08 bits per heavy atom. The van der Waals surface area contributed by atoms with E-state index in [1.807, 2.05) is 37.4 Å². The van der Waals surface area contributed by atoms with Crippen LogP contribution in [0.3, 0.4) is 0 Å². The summed E-state index contributed by atoms with van der Waals surface area (Å²) in [6.45, 7) is 4.20. The molecular formula is C20H25N3O3. The Kier molecular flexibility index (Phi) is 7.26. The molecule has 0 saturated heterocycles. The molecule has 0 radical (unpaired) electrons. The highest BCUT2D eigenvalue weighted by atomic mass is 16.6. The summed E-state index contributed by atoms with van der Waals surface area (Å²) in [6, 6.07) is 7.76. The smallest absolute Gasteiger partial charge is 0.356 e. The van der Waals surface area contributed by atoms with Crippen molar-refractivity contribution < 1.29 is 14.4 Å². The van der Waals surface area contributed by atoms with Gasteiger partial charge in [-0.1, -0.05) is 36.7 Å². The molecule has 1 aromatic carbocycles. The van der Waals surface area contributed by atoms with Gasteiger partial charge in [0.05, 0.1) is 7.11 Å². The summed E-state index contributed by atoms with van der Waals surface area (Å²) >= 11 is 0. The van der Waals surface area contributed by atoms with E-state index in [-0.39, 0.29) is 5.71 Å². The Hall–Kier alpha value is -2.76. The highest BCUT2D eigenvalue weighted by Gasteiger charge is 2.14. The number of nitrogens with zero attached hydrogens (tertiary/aromatic N) is 3. The number of unbranched alkanes of at least 4 members (excludes halogenated alkanes) is 1. The number of aromatic nitrogens is 2. The lowest BCUT2D eigenvalue weighted by atomic mass is 10.0. The molecule has 2 aromatic rings. The number of hydrogen-bond donors (Lipinski definition) is 0. The minimum atomic E-state index is -0.509. The number of esters is 1. The number of benzene rings is 1. The van der Waals surface area contributed by atoms with Crippen LogP contribution in [-0.2, 0) is 27.2 Å². The molecule has 0 atom stereocenters. The van der Waals surface area contributed by atoms with Gasteiger partial charge in [0.2, 0.25) is 0 Å². The summed E-state index contributed by atoms with van der Waals surface area (Å²) in [5.41, 5.74) is 4.21. The van der Waals surface area contributed by atoms with E-state index in [2.05, 4.69) is 17.1 Å². The minimum absolute atomic E-state index is 0.209. The van der Waals surface area contributed by atoms with E-state index in [1.165, 1.54) is 14.2 Å². The van der Waals surface area contributed by atoms with Gasteiger partial charge in [0.15, 0.2) is 11.5 Å². The summed E-state index contributed by atoms with van der Waals surface area (Å²) in [5.74, 6) is 0.178. The van der Waals surface area contributed by atoms with Crippen LogP contribution in [0.5, 0.6) is 0 Å². The molecule has 0 bridgehead atoms. The first kappa shape index (κ1) is 19.6. The zero-order valence-electron chi connectivity index (χ0n) is 15.8. The van der Waals surface area contributed by atoms with Crippen molar-refractivity contribution in [3.8, 4) is 11.4 Å². The first-order valence-corrected chi connectivity index (χ1v) is 8.69. The lowest BCUT2D eigenvalue weighted by Gasteiger charge is -2.09. The van der Waals surface area contributed by atoms with Crippen molar-refractivity contribution in [1.29, 1.82) is 0 Å². The summed E-state index contributed by atoms with van der Waals surface area (Å²) in [6.07, 6.45) is 5.36. The summed E-state index contributed by atoms with van der Waals surface area (Å²) in [5, 5.41) is 3.76. The Morgan fingerprint density at radius 3 is 2.77 bits per heavy atom. The molecule has 6 heteroatoms. The van der Waals surface area contributed by atoms with E-state index in [1.54, 1.807) is 0 Å². The maximum atomic E-state index is 11.8. The largest absolute Gasteiger partial charge is 0.464 e. The van der Waals surface area contributed by atoms with Crippen molar-refractivity contribution >= 4 is 11.7 Å². The summed E-state index contributed by atoms with van der Waals surface area (Å²) in [7, 11) is 2.72. The molecule has 0 aliphatic rings. The van der Waals surface area contributed by atoms with E-state index < -0.39 is 5.97 Å². The monoisotopic (exact) mass is 355 g/mol. The second-order valence-corrected chi connectivity index (χ2v) is 6.02. The van der Waals surface area contributed by atoms with Gasteiger partial charge in [-0.2, -0.15) is 0 Å². The maximum absolute atomic E-state index is 11.8. The van der Waals surface area contributed by atoms with Crippen LogP contribution in [0.25, 0.3) is 11.4 Å². The summed E-state index contributed by atoms with van der Waals surface area (Å²) in [4.78, 5) is 25.7. The lowest BCUT2D eigenvalue weighted by molar-refractivity contribution is -0.133. The molecule has 0 aliphatic carbocycles. The predicted molar refractivity (Wildman–Crippen MR) is 101 cm³/mol. The van der Waals surface area contributed by atoms with Crippen LogP contribution in [0, 0.1) is 6.92 Å². The lowest BCUT2D eigenvalue weighted by Crippen LogP contribution is -2.18. The molecule has 138 valence electrons. The fourth-order valence-corrected chi connectivity index (χ4v) is 2.60. The summed E-state index contributed by atoms with van der Waals surface area (Å²) < 4.78 is 4.74. The molecule has 26 heavy (non-hydrogen) atoms. The Bertz CT molecular complexity index is 788. The molecule has 0 amide bonds. The van der Waals surface area contributed by atoms with Gasteiger partial charge in [0.25, 0.3) is 0 Å².